The molecule has 3 aromatic rings. The summed E-state index contributed by atoms with van der Waals surface area (Å²) < 4.78 is 1.51. The molecule has 0 saturated carbocycles. The van der Waals surface area contributed by atoms with Gasteiger partial charge in [-0.05, 0) is 57.9 Å². The van der Waals surface area contributed by atoms with Gasteiger partial charge in [-0.15, -0.1) is 0 Å². The Morgan fingerprint density at radius 3 is 2.36 bits per heavy atom. The van der Waals surface area contributed by atoms with Crippen LogP contribution in [0.1, 0.15) is 29.2 Å². The molecular weight excluding hydrogens is 370 g/mol. The molecular formula is C22H25N3O2S. The van der Waals surface area contributed by atoms with Crippen LogP contribution >= 0.6 is 11.8 Å². The first-order valence-corrected chi connectivity index (χ1v) is 10.1. The summed E-state index contributed by atoms with van der Waals surface area (Å²) in [6.45, 7) is 9.79. The number of anilines is 1. The molecule has 0 aliphatic carbocycles. The highest BCUT2D eigenvalue weighted by Crippen LogP contribution is 2.26. The molecule has 6 heteroatoms. The molecule has 1 amide bonds. The van der Waals surface area contributed by atoms with Gasteiger partial charge < -0.3 is 5.32 Å². The molecule has 0 aliphatic heterocycles. The lowest BCUT2D eigenvalue weighted by Gasteiger charge is -2.17. The zero-order valence-electron chi connectivity index (χ0n) is 17.1. The molecule has 1 unspecified atom stereocenters. The van der Waals surface area contributed by atoms with Crippen LogP contribution in [-0.2, 0) is 11.8 Å². The first-order valence-electron chi connectivity index (χ1n) is 9.20. The number of nitrogens with zero attached hydrogens (tertiary/aromatic N) is 2. The Kier molecular flexibility index (Phi) is 5.61. The Hall–Kier alpha value is -2.60. The fourth-order valence-electron chi connectivity index (χ4n) is 3.28. The molecule has 3 rings (SSSR count). The van der Waals surface area contributed by atoms with Crippen LogP contribution in [0.15, 0.2) is 40.3 Å². The summed E-state index contributed by atoms with van der Waals surface area (Å²) >= 11 is 1.29. The number of thioether (sulfide) groups is 1. The number of carbonyl (C=O) groups excluding carboxylic acids is 1. The summed E-state index contributed by atoms with van der Waals surface area (Å²) in [6, 6.07) is 9.73. The van der Waals surface area contributed by atoms with Gasteiger partial charge in [-0.1, -0.05) is 41.1 Å². The molecule has 0 fully saturated rings. The van der Waals surface area contributed by atoms with Crippen molar-refractivity contribution in [2.75, 3.05) is 5.32 Å². The van der Waals surface area contributed by atoms with Crippen molar-refractivity contribution in [3.63, 3.8) is 0 Å². The standard InChI is InChI=1S/C22H25N3O2S/c1-12-7-8-18-17(11-12)21(27)25(6)22(23-18)28-16(5)20(26)24-19-14(3)9-13(2)10-15(19)4/h7-11,16H,1-6H3,(H,24,26). The Balaban J connectivity index is 1.86. The predicted molar refractivity (Wildman–Crippen MR) is 116 cm³/mol. The average molecular weight is 396 g/mol. The maximum Gasteiger partial charge on any atom is 0.261 e. The van der Waals surface area contributed by atoms with E-state index in [0.29, 0.717) is 16.1 Å². The van der Waals surface area contributed by atoms with Gasteiger partial charge in [0.1, 0.15) is 0 Å². The second kappa shape index (κ2) is 7.80. The monoisotopic (exact) mass is 395 g/mol. The Morgan fingerprint density at radius 1 is 1.07 bits per heavy atom. The van der Waals surface area contributed by atoms with Gasteiger partial charge in [0.15, 0.2) is 5.16 Å². The fraction of sp³-hybridized carbons (Fsp3) is 0.318. The van der Waals surface area contributed by atoms with Crippen LogP contribution in [0.4, 0.5) is 5.69 Å². The van der Waals surface area contributed by atoms with Gasteiger partial charge in [-0.2, -0.15) is 0 Å². The smallest absolute Gasteiger partial charge is 0.261 e. The van der Waals surface area contributed by atoms with Crippen molar-refractivity contribution >= 4 is 34.3 Å². The van der Waals surface area contributed by atoms with E-state index in [1.807, 2.05) is 52.8 Å². The maximum atomic E-state index is 12.8. The third kappa shape index (κ3) is 3.97. The summed E-state index contributed by atoms with van der Waals surface area (Å²) in [6.07, 6.45) is 0. The average Bonchev–Trinajstić information content (AvgIpc) is 2.62. The molecule has 0 saturated heterocycles. The van der Waals surface area contributed by atoms with Crippen molar-refractivity contribution in [2.24, 2.45) is 7.05 Å². The van der Waals surface area contributed by atoms with Crippen LogP contribution < -0.4 is 10.9 Å². The first kappa shape index (κ1) is 20.1. The van der Waals surface area contributed by atoms with Crippen LogP contribution in [0.3, 0.4) is 0 Å². The molecule has 28 heavy (non-hydrogen) atoms. The molecule has 1 aromatic heterocycles. The van der Waals surface area contributed by atoms with Crippen molar-refractivity contribution < 1.29 is 4.79 Å². The van der Waals surface area contributed by atoms with E-state index in [-0.39, 0.29) is 11.5 Å². The molecule has 1 atom stereocenters. The molecule has 0 radical (unpaired) electrons. The number of hydrogen-bond donors (Lipinski definition) is 1. The van der Waals surface area contributed by atoms with E-state index >= 15 is 0 Å². The van der Waals surface area contributed by atoms with Crippen LogP contribution in [0, 0.1) is 27.7 Å². The second-order valence-electron chi connectivity index (χ2n) is 7.30. The normalized spacial score (nSPS) is 12.2. The molecule has 0 spiro atoms. The molecule has 0 aliphatic rings. The summed E-state index contributed by atoms with van der Waals surface area (Å²) in [7, 11) is 1.69. The first-order chi connectivity index (χ1) is 13.2. The van der Waals surface area contributed by atoms with E-state index in [1.165, 1.54) is 21.9 Å². The van der Waals surface area contributed by atoms with Crippen molar-refractivity contribution in [1.29, 1.82) is 0 Å². The molecule has 0 bridgehead atoms. The summed E-state index contributed by atoms with van der Waals surface area (Å²) in [5, 5.41) is 3.75. The van der Waals surface area contributed by atoms with Gasteiger partial charge in [0.05, 0.1) is 16.2 Å². The molecule has 2 aromatic carbocycles. The zero-order chi connectivity index (χ0) is 20.6. The van der Waals surface area contributed by atoms with Gasteiger partial charge >= 0.3 is 0 Å². The number of hydrogen-bond acceptors (Lipinski definition) is 4. The number of nitrogens with one attached hydrogen (secondary N) is 1. The number of fused-ring (bicyclic) bond motifs is 1. The van der Waals surface area contributed by atoms with Crippen molar-refractivity contribution in [2.45, 2.75) is 45.0 Å². The number of aryl methyl sites for hydroxylation is 4. The number of benzene rings is 2. The lowest BCUT2D eigenvalue weighted by atomic mass is 10.1. The van der Waals surface area contributed by atoms with Crippen molar-refractivity contribution in [1.82, 2.24) is 9.55 Å². The lowest BCUT2D eigenvalue weighted by molar-refractivity contribution is -0.115. The Morgan fingerprint density at radius 2 is 1.71 bits per heavy atom. The summed E-state index contributed by atoms with van der Waals surface area (Å²) in [5.41, 5.74) is 5.65. The third-order valence-corrected chi connectivity index (χ3v) is 5.91. The minimum absolute atomic E-state index is 0.103. The van der Waals surface area contributed by atoms with E-state index in [0.717, 1.165) is 22.4 Å². The molecule has 1 heterocycles. The molecule has 146 valence electrons. The number of rotatable bonds is 4. The SMILES string of the molecule is Cc1cc(C)c(NC(=O)C(C)Sc2nc3ccc(C)cc3c(=O)n2C)c(C)c1. The van der Waals surface area contributed by atoms with Crippen LogP contribution in [0.5, 0.6) is 0 Å². The molecule has 5 nitrogen and oxygen atoms in total. The number of aromatic nitrogens is 2. The third-order valence-electron chi connectivity index (χ3n) is 4.77. The highest BCUT2D eigenvalue weighted by atomic mass is 32.2. The van der Waals surface area contributed by atoms with Crippen LogP contribution in [-0.4, -0.2) is 20.7 Å². The van der Waals surface area contributed by atoms with Gasteiger partial charge in [-0.3, -0.25) is 14.2 Å². The van der Waals surface area contributed by atoms with E-state index < -0.39 is 5.25 Å². The minimum atomic E-state index is -0.402. The van der Waals surface area contributed by atoms with E-state index in [4.69, 9.17) is 0 Å². The largest absolute Gasteiger partial charge is 0.325 e. The topological polar surface area (TPSA) is 64.0 Å². The summed E-state index contributed by atoms with van der Waals surface area (Å²) in [4.78, 5) is 30.0. The highest BCUT2D eigenvalue weighted by Gasteiger charge is 2.19. The van der Waals surface area contributed by atoms with E-state index in [9.17, 15) is 9.59 Å². The number of amides is 1. The quantitative estimate of drug-likeness (QED) is 0.529. The highest BCUT2D eigenvalue weighted by molar-refractivity contribution is 8.00. The van der Waals surface area contributed by atoms with E-state index in [1.54, 1.807) is 7.05 Å². The van der Waals surface area contributed by atoms with Crippen LogP contribution in [0.25, 0.3) is 10.9 Å². The molecule has 1 N–H and O–H groups in total. The van der Waals surface area contributed by atoms with Crippen molar-refractivity contribution in [3.05, 3.63) is 62.9 Å². The van der Waals surface area contributed by atoms with Gasteiger partial charge in [0, 0.05) is 12.7 Å². The number of carbonyl (C=O) groups is 1. The summed E-state index contributed by atoms with van der Waals surface area (Å²) in [5.74, 6) is -0.113. The van der Waals surface area contributed by atoms with Gasteiger partial charge in [-0.25, -0.2) is 4.98 Å². The van der Waals surface area contributed by atoms with Crippen molar-refractivity contribution in [3.8, 4) is 0 Å². The Labute approximate surface area is 169 Å². The predicted octanol–water partition coefficient (Wildman–Crippen LogP) is 4.29. The zero-order valence-corrected chi connectivity index (χ0v) is 17.9. The lowest BCUT2D eigenvalue weighted by Crippen LogP contribution is -2.26. The van der Waals surface area contributed by atoms with Gasteiger partial charge in [0.25, 0.3) is 5.56 Å². The van der Waals surface area contributed by atoms with E-state index in [2.05, 4.69) is 22.4 Å². The second-order valence-corrected chi connectivity index (χ2v) is 8.61. The van der Waals surface area contributed by atoms with Gasteiger partial charge in [0.2, 0.25) is 5.91 Å². The fourth-order valence-corrected chi connectivity index (χ4v) is 4.16. The maximum absolute atomic E-state index is 12.8. The van der Waals surface area contributed by atoms with Crippen LogP contribution in [0.2, 0.25) is 0 Å². The Bertz CT molecular complexity index is 1110. The minimum Gasteiger partial charge on any atom is -0.325 e.